The van der Waals surface area contributed by atoms with Crippen molar-refractivity contribution < 1.29 is 17.9 Å². The van der Waals surface area contributed by atoms with Gasteiger partial charge in [0.2, 0.25) is 0 Å². The molecule has 1 amide bonds. The maximum absolute atomic E-state index is 12.3. The van der Waals surface area contributed by atoms with E-state index in [1.54, 1.807) is 18.4 Å². The van der Waals surface area contributed by atoms with Crippen molar-refractivity contribution in [3.05, 3.63) is 63.6 Å². The van der Waals surface area contributed by atoms with Crippen LogP contribution in [-0.4, -0.2) is 25.9 Å². The number of aromatic nitrogens is 1. The molecule has 152 valence electrons. The molecule has 0 aliphatic rings. The van der Waals surface area contributed by atoms with Crippen molar-refractivity contribution in [2.45, 2.75) is 11.8 Å². The summed E-state index contributed by atoms with van der Waals surface area (Å²) < 4.78 is 32.5. The summed E-state index contributed by atoms with van der Waals surface area (Å²) in [7, 11) is -3.75. The Hall–Kier alpha value is -2.33. The van der Waals surface area contributed by atoms with Gasteiger partial charge in [0, 0.05) is 22.3 Å². The molecule has 7 nitrogen and oxygen atoms in total. The summed E-state index contributed by atoms with van der Waals surface area (Å²) in [6, 6.07) is 8.94. The summed E-state index contributed by atoms with van der Waals surface area (Å²) in [6.07, 6.45) is 1.50. The first-order chi connectivity index (χ1) is 13.7. The Labute approximate surface area is 181 Å². The first-order valence-corrected chi connectivity index (χ1v) is 11.3. The van der Waals surface area contributed by atoms with Gasteiger partial charge >= 0.3 is 0 Å². The van der Waals surface area contributed by atoms with Crippen LogP contribution < -0.4 is 14.8 Å². The van der Waals surface area contributed by atoms with Gasteiger partial charge in [0.25, 0.3) is 15.9 Å². The van der Waals surface area contributed by atoms with Crippen LogP contribution in [0.25, 0.3) is 0 Å². The van der Waals surface area contributed by atoms with Gasteiger partial charge in [-0.3, -0.25) is 9.52 Å². The highest BCUT2D eigenvalue weighted by Crippen LogP contribution is 2.31. The molecule has 0 saturated carbocycles. The lowest BCUT2D eigenvalue weighted by Gasteiger charge is -2.12. The summed E-state index contributed by atoms with van der Waals surface area (Å²) in [5, 5.41) is 5.35. The summed E-state index contributed by atoms with van der Waals surface area (Å²) in [5.41, 5.74) is 1.13. The van der Waals surface area contributed by atoms with Crippen molar-refractivity contribution >= 4 is 61.3 Å². The molecule has 11 heteroatoms. The van der Waals surface area contributed by atoms with Gasteiger partial charge in [0.15, 0.2) is 11.7 Å². The second-order valence-corrected chi connectivity index (χ2v) is 9.26. The van der Waals surface area contributed by atoms with Crippen molar-refractivity contribution in [3.63, 3.8) is 0 Å². The van der Waals surface area contributed by atoms with Crippen molar-refractivity contribution in [1.82, 2.24) is 4.98 Å². The molecule has 0 aliphatic heterocycles. The maximum atomic E-state index is 12.3. The predicted octanol–water partition coefficient (Wildman–Crippen LogP) is 4.58. The van der Waals surface area contributed by atoms with Crippen LogP contribution in [0.5, 0.6) is 5.75 Å². The molecule has 0 aliphatic carbocycles. The van der Waals surface area contributed by atoms with E-state index in [1.807, 2.05) is 0 Å². The van der Waals surface area contributed by atoms with Crippen LogP contribution in [0.2, 0.25) is 10.0 Å². The average Bonchev–Trinajstić information content (AvgIpc) is 3.13. The molecule has 2 N–H and O–H groups in total. The van der Waals surface area contributed by atoms with Crippen LogP contribution in [-0.2, 0) is 14.8 Å². The molecule has 0 bridgehead atoms. The fourth-order valence-electron chi connectivity index (χ4n) is 2.37. The smallest absolute Gasteiger partial charge is 0.263 e. The standard InChI is InChI=1S/C18H15Cl2N3O4S2/c1-11-8-12(19)9-15(20)17(11)27-10-16(24)22-13-2-4-14(5-3-13)29(25,26)23-18-21-6-7-28-18/h2-9H,10H2,1H3,(H,21,23)(H,22,24). The largest absolute Gasteiger partial charge is 0.482 e. The van der Waals surface area contributed by atoms with Gasteiger partial charge < -0.3 is 10.1 Å². The molecular formula is C18H15Cl2N3O4S2. The van der Waals surface area contributed by atoms with Crippen molar-refractivity contribution in [2.75, 3.05) is 16.6 Å². The zero-order valence-corrected chi connectivity index (χ0v) is 18.1. The van der Waals surface area contributed by atoms with Crippen LogP contribution in [0.15, 0.2) is 52.9 Å². The van der Waals surface area contributed by atoms with E-state index in [0.717, 1.165) is 0 Å². The van der Waals surface area contributed by atoms with E-state index in [2.05, 4.69) is 15.0 Å². The fourth-order valence-corrected chi connectivity index (χ4v) is 4.81. The lowest BCUT2D eigenvalue weighted by Crippen LogP contribution is -2.20. The molecule has 0 spiro atoms. The number of halogens is 2. The highest BCUT2D eigenvalue weighted by Gasteiger charge is 2.16. The Morgan fingerprint density at radius 2 is 1.93 bits per heavy atom. The van der Waals surface area contributed by atoms with Gasteiger partial charge in [0.05, 0.1) is 9.92 Å². The number of nitrogens with zero attached hydrogens (tertiary/aromatic N) is 1. The minimum absolute atomic E-state index is 0.0468. The number of ether oxygens (including phenoxy) is 1. The van der Waals surface area contributed by atoms with E-state index in [0.29, 0.717) is 27.0 Å². The topological polar surface area (TPSA) is 97.4 Å². The van der Waals surface area contributed by atoms with Crippen molar-refractivity contribution in [2.24, 2.45) is 0 Å². The molecule has 1 aromatic heterocycles. The molecule has 1 heterocycles. The van der Waals surface area contributed by atoms with Crippen molar-refractivity contribution in [3.8, 4) is 5.75 Å². The molecule has 3 aromatic rings. The van der Waals surface area contributed by atoms with Gasteiger partial charge in [-0.25, -0.2) is 13.4 Å². The quantitative estimate of drug-likeness (QED) is 0.525. The van der Waals surface area contributed by atoms with E-state index in [9.17, 15) is 13.2 Å². The van der Waals surface area contributed by atoms with Crippen LogP contribution in [0, 0.1) is 6.92 Å². The van der Waals surface area contributed by atoms with Crippen LogP contribution in [0.4, 0.5) is 10.8 Å². The second-order valence-electron chi connectivity index (χ2n) is 5.84. The number of carbonyl (C=O) groups excluding carboxylic acids is 1. The number of anilines is 2. The van der Waals surface area contributed by atoms with E-state index in [-0.39, 0.29) is 16.6 Å². The number of hydrogen-bond donors (Lipinski definition) is 2. The van der Waals surface area contributed by atoms with Gasteiger partial charge in [-0.2, -0.15) is 0 Å². The molecule has 29 heavy (non-hydrogen) atoms. The zero-order chi connectivity index (χ0) is 21.0. The lowest BCUT2D eigenvalue weighted by molar-refractivity contribution is -0.118. The Kier molecular flexibility index (Phi) is 6.63. The SMILES string of the molecule is Cc1cc(Cl)cc(Cl)c1OCC(=O)Nc1ccc(S(=O)(=O)Nc2nccs2)cc1. The number of benzene rings is 2. The molecular weight excluding hydrogens is 457 g/mol. The summed E-state index contributed by atoms with van der Waals surface area (Å²) in [4.78, 5) is 16.1. The third kappa shape index (κ3) is 5.60. The first-order valence-electron chi connectivity index (χ1n) is 8.15. The van der Waals surface area contributed by atoms with E-state index in [1.165, 1.54) is 47.9 Å². The Balaban J connectivity index is 1.60. The molecule has 2 aromatic carbocycles. The Morgan fingerprint density at radius 3 is 2.55 bits per heavy atom. The molecule has 3 rings (SSSR count). The van der Waals surface area contributed by atoms with E-state index < -0.39 is 15.9 Å². The maximum Gasteiger partial charge on any atom is 0.263 e. The van der Waals surface area contributed by atoms with Crippen LogP contribution >= 0.6 is 34.5 Å². The predicted molar refractivity (Wildman–Crippen MR) is 115 cm³/mol. The number of sulfonamides is 1. The molecule has 0 saturated heterocycles. The molecule has 0 unspecified atom stereocenters. The van der Waals surface area contributed by atoms with E-state index >= 15 is 0 Å². The monoisotopic (exact) mass is 471 g/mol. The summed E-state index contributed by atoms with van der Waals surface area (Å²) in [5.74, 6) is -0.0483. The lowest BCUT2D eigenvalue weighted by atomic mass is 10.2. The fraction of sp³-hybridized carbons (Fsp3) is 0.111. The minimum Gasteiger partial charge on any atom is -0.482 e. The molecule has 0 radical (unpaired) electrons. The molecule has 0 fully saturated rings. The van der Waals surface area contributed by atoms with Gasteiger partial charge in [-0.05, 0) is 48.9 Å². The van der Waals surface area contributed by atoms with Crippen molar-refractivity contribution in [1.29, 1.82) is 0 Å². The summed E-state index contributed by atoms with van der Waals surface area (Å²) in [6.45, 7) is 1.50. The minimum atomic E-state index is -3.75. The number of rotatable bonds is 7. The second kappa shape index (κ2) is 9.00. The first kappa shape index (κ1) is 21.4. The number of carbonyl (C=O) groups is 1. The zero-order valence-electron chi connectivity index (χ0n) is 15.0. The molecule has 0 atom stereocenters. The average molecular weight is 472 g/mol. The van der Waals surface area contributed by atoms with Crippen LogP contribution in [0.3, 0.4) is 0 Å². The highest BCUT2D eigenvalue weighted by atomic mass is 35.5. The van der Waals surface area contributed by atoms with Gasteiger partial charge in [-0.15, -0.1) is 11.3 Å². The van der Waals surface area contributed by atoms with Gasteiger partial charge in [-0.1, -0.05) is 23.2 Å². The normalized spacial score (nSPS) is 11.1. The number of hydrogen-bond acceptors (Lipinski definition) is 6. The highest BCUT2D eigenvalue weighted by molar-refractivity contribution is 7.93. The third-order valence-corrected chi connectivity index (χ3v) is 6.32. The Morgan fingerprint density at radius 1 is 1.21 bits per heavy atom. The third-order valence-electron chi connectivity index (χ3n) is 3.64. The summed E-state index contributed by atoms with van der Waals surface area (Å²) >= 11 is 13.2. The van der Waals surface area contributed by atoms with Crippen LogP contribution in [0.1, 0.15) is 5.56 Å². The number of aryl methyl sites for hydroxylation is 1. The Bertz CT molecular complexity index is 1100. The number of amides is 1. The van der Waals surface area contributed by atoms with E-state index in [4.69, 9.17) is 27.9 Å². The van der Waals surface area contributed by atoms with Gasteiger partial charge in [0.1, 0.15) is 5.75 Å². The number of nitrogens with one attached hydrogen (secondary N) is 2. The number of thiazole rings is 1.